The Bertz CT molecular complexity index is 884. The Hall–Kier alpha value is -1.78. The van der Waals surface area contributed by atoms with Crippen LogP contribution in [-0.4, -0.2) is 113 Å². The summed E-state index contributed by atoms with van der Waals surface area (Å²) in [6.45, 7) is -1.36. The van der Waals surface area contributed by atoms with E-state index in [2.05, 4.69) is 4.18 Å². The lowest BCUT2D eigenvalue weighted by atomic mass is 10.0. The normalized spacial score (nSPS) is 26.1. The van der Waals surface area contributed by atoms with Crippen LogP contribution in [0.25, 0.3) is 0 Å². The van der Waals surface area contributed by atoms with Crippen molar-refractivity contribution in [2.24, 2.45) is 0 Å². The van der Waals surface area contributed by atoms with Crippen molar-refractivity contribution in [2.75, 3.05) is 6.61 Å². The Labute approximate surface area is 174 Å². The molecule has 0 unspecified atom stereocenters. The molecule has 1 aliphatic rings. The highest BCUT2D eigenvalue weighted by Crippen LogP contribution is 2.23. The second-order valence-electron chi connectivity index (χ2n) is 5.93. The molecular formula is C12H19NO16S2. The Morgan fingerprint density at radius 1 is 1.23 bits per heavy atom. The third-order valence-corrected chi connectivity index (χ3v) is 4.60. The molecule has 7 atom stereocenters. The van der Waals surface area contributed by atoms with Crippen LogP contribution in [0.1, 0.15) is 0 Å². The number of hydrogen-bond donors (Lipinski definition) is 8. The van der Waals surface area contributed by atoms with E-state index in [0.29, 0.717) is 6.08 Å². The minimum atomic E-state index is -5.13. The van der Waals surface area contributed by atoms with Crippen molar-refractivity contribution in [3.63, 3.8) is 0 Å². The number of carbonyl (C=O) groups is 2. The van der Waals surface area contributed by atoms with Gasteiger partial charge in [-0.1, -0.05) is 0 Å². The van der Waals surface area contributed by atoms with Gasteiger partial charge >= 0.3 is 26.7 Å². The molecule has 1 rings (SSSR count). The van der Waals surface area contributed by atoms with Crippen molar-refractivity contribution >= 4 is 33.0 Å². The van der Waals surface area contributed by atoms with Crippen molar-refractivity contribution in [3.05, 3.63) is 11.8 Å². The zero-order valence-corrected chi connectivity index (χ0v) is 16.7. The van der Waals surface area contributed by atoms with Crippen LogP contribution < -0.4 is 4.72 Å². The summed E-state index contributed by atoms with van der Waals surface area (Å²) < 4.78 is 75.4. The van der Waals surface area contributed by atoms with E-state index >= 15 is 0 Å². The smallest absolute Gasteiger partial charge is 0.397 e. The quantitative estimate of drug-likeness (QED) is 0.0924. The van der Waals surface area contributed by atoms with E-state index in [0.717, 1.165) is 0 Å². The number of hydrogen-bond acceptors (Lipinski definition) is 13. The third kappa shape index (κ3) is 8.70. The molecule has 8 N–H and O–H groups in total. The molecule has 0 aromatic rings. The Morgan fingerprint density at radius 3 is 2.26 bits per heavy atom. The van der Waals surface area contributed by atoms with Gasteiger partial charge in [-0.2, -0.15) is 21.6 Å². The van der Waals surface area contributed by atoms with Crippen molar-refractivity contribution in [1.29, 1.82) is 0 Å². The second-order valence-corrected chi connectivity index (χ2v) is 8.21. The first-order valence-electron chi connectivity index (χ1n) is 7.87. The van der Waals surface area contributed by atoms with Gasteiger partial charge in [-0.15, -0.1) is 0 Å². The van der Waals surface area contributed by atoms with Gasteiger partial charge in [-0.25, -0.2) is 8.98 Å². The number of aliphatic hydroxyl groups is 4. The van der Waals surface area contributed by atoms with Crippen LogP contribution in [0, 0.1) is 0 Å². The molecule has 0 aromatic carbocycles. The topological polar surface area (TPSA) is 284 Å². The van der Waals surface area contributed by atoms with Crippen molar-refractivity contribution in [3.8, 4) is 0 Å². The molecule has 0 radical (unpaired) electrons. The van der Waals surface area contributed by atoms with Crippen LogP contribution in [0.5, 0.6) is 0 Å². The van der Waals surface area contributed by atoms with Crippen molar-refractivity contribution < 1.29 is 74.7 Å². The number of ether oxygens (including phenoxy) is 2. The molecule has 17 nitrogen and oxygen atoms in total. The lowest BCUT2D eigenvalue weighted by Crippen LogP contribution is -2.57. The standard InChI is InChI=1S/C12H19NO16S2/c14-2-4(13-30(21,22)23)8(17)10(6(16)3-27-31(24,25)26)29-12-9(18)5(15)1-7(28-12)11(19)20/h1-2,4-6,8-10,12-13,15-18H,3H2,(H,19,20)(H,21,22,23)(H,24,25,26)/t4-,5-,6+,8+,9+,10+,12-/m0/s1. The molecule has 0 saturated heterocycles. The van der Waals surface area contributed by atoms with E-state index < -0.39 is 81.9 Å². The summed E-state index contributed by atoms with van der Waals surface area (Å²) in [6.07, 6.45) is -12.9. The number of rotatable bonds is 12. The van der Waals surface area contributed by atoms with Gasteiger partial charge in [0.1, 0.15) is 42.8 Å². The van der Waals surface area contributed by atoms with E-state index in [1.807, 2.05) is 0 Å². The third-order valence-electron chi connectivity index (χ3n) is 3.60. The van der Waals surface area contributed by atoms with E-state index in [-0.39, 0.29) is 6.29 Å². The van der Waals surface area contributed by atoms with E-state index in [4.69, 9.17) is 23.7 Å². The summed E-state index contributed by atoms with van der Waals surface area (Å²) in [7, 11) is -10.2. The SMILES string of the molecule is O=C[C@H](NS(=O)(=O)O)[C@@H](O)[C@H](O[C@@H]1OC(C(=O)O)=C[C@H](O)[C@H]1O)[C@H](O)COS(=O)(=O)O. The maximum Gasteiger partial charge on any atom is 0.397 e. The Kier molecular flexibility index (Phi) is 9.40. The molecule has 0 spiro atoms. The average Bonchev–Trinajstić information content (AvgIpc) is 2.63. The maximum absolute atomic E-state index is 11.1. The number of carboxylic acids is 1. The van der Waals surface area contributed by atoms with Gasteiger partial charge in [0, 0.05) is 0 Å². The largest absolute Gasteiger partial charge is 0.475 e. The van der Waals surface area contributed by atoms with Gasteiger partial charge < -0.3 is 39.8 Å². The van der Waals surface area contributed by atoms with Crippen LogP contribution in [0.3, 0.4) is 0 Å². The van der Waals surface area contributed by atoms with Crippen LogP contribution in [-0.2, 0) is 43.9 Å². The number of aliphatic hydroxyl groups excluding tert-OH is 4. The number of nitrogens with one attached hydrogen (secondary N) is 1. The highest BCUT2D eigenvalue weighted by Gasteiger charge is 2.43. The highest BCUT2D eigenvalue weighted by molar-refractivity contribution is 7.83. The second kappa shape index (κ2) is 10.7. The van der Waals surface area contributed by atoms with Crippen LogP contribution in [0.15, 0.2) is 11.8 Å². The van der Waals surface area contributed by atoms with Crippen LogP contribution in [0.2, 0.25) is 0 Å². The predicted octanol–water partition coefficient (Wildman–Crippen LogP) is -5.08. The minimum Gasteiger partial charge on any atom is -0.475 e. The molecule has 0 aromatic heterocycles. The summed E-state index contributed by atoms with van der Waals surface area (Å²) in [5.74, 6) is -2.67. The van der Waals surface area contributed by atoms with Gasteiger partial charge in [0.15, 0.2) is 0 Å². The van der Waals surface area contributed by atoms with E-state index in [1.165, 1.54) is 4.72 Å². The summed E-state index contributed by atoms with van der Waals surface area (Å²) in [5, 5.41) is 48.8. The molecule has 0 saturated carbocycles. The summed E-state index contributed by atoms with van der Waals surface area (Å²) in [4.78, 5) is 22.1. The molecule has 31 heavy (non-hydrogen) atoms. The number of aldehydes is 1. The zero-order valence-electron chi connectivity index (χ0n) is 15.0. The molecule has 0 bridgehead atoms. The van der Waals surface area contributed by atoms with Crippen molar-refractivity contribution in [2.45, 2.75) is 42.9 Å². The summed E-state index contributed by atoms with van der Waals surface area (Å²) in [5.41, 5.74) is 0. The summed E-state index contributed by atoms with van der Waals surface area (Å²) >= 11 is 0. The first kappa shape index (κ1) is 27.3. The average molecular weight is 497 g/mol. The first-order valence-corrected chi connectivity index (χ1v) is 10.7. The Morgan fingerprint density at radius 2 is 1.81 bits per heavy atom. The van der Waals surface area contributed by atoms with Gasteiger partial charge in [-0.05, 0) is 6.08 Å². The van der Waals surface area contributed by atoms with Gasteiger partial charge in [0.2, 0.25) is 12.0 Å². The molecular weight excluding hydrogens is 478 g/mol. The van der Waals surface area contributed by atoms with Crippen LogP contribution >= 0.6 is 0 Å². The van der Waals surface area contributed by atoms with Crippen molar-refractivity contribution in [1.82, 2.24) is 4.72 Å². The lowest BCUT2D eigenvalue weighted by molar-refractivity contribution is -0.255. The van der Waals surface area contributed by atoms with E-state index in [1.54, 1.807) is 0 Å². The molecule has 0 amide bonds. The zero-order chi connectivity index (χ0) is 24.1. The van der Waals surface area contributed by atoms with Gasteiger partial charge in [0.05, 0.1) is 6.61 Å². The fraction of sp³-hybridized carbons (Fsp3) is 0.667. The van der Waals surface area contributed by atoms with Gasteiger partial charge in [0.25, 0.3) is 0 Å². The highest BCUT2D eigenvalue weighted by atomic mass is 32.3. The van der Waals surface area contributed by atoms with Crippen LogP contribution in [0.4, 0.5) is 0 Å². The predicted molar refractivity (Wildman–Crippen MR) is 91.5 cm³/mol. The molecule has 0 aliphatic carbocycles. The minimum absolute atomic E-state index is 0.263. The lowest BCUT2D eigenvalue weighted by Gasteiger charge is -2.36. The summed E-state index contributed by atoms with van der Waals surface area (Å²) in [6, 6.07) is -2.24. The monoisotopic (exact) mass is 497 g/mol. The fourth-order valence-corrected chi connectivity index (χ4v) is 3.09. The Balaban J connectivity index is 3.21. The first-order chi connectivity index (χ1) is 14.1. The number of carboxylic acid groups (broad SMARTS) is 1. The molecule has 1 heterocycles. The fourth-order valence-electron chi connectivity index (χ4n) is 2.24. The number of carbonyl (C=O) groups excluding carboxylic acids is 1. The maximum atomic E-state index is 11.1. The van der Waals surface area contributed by atoms with Gasteiger partial charge in [-0.3, -0.25) is 9.11 Å². The molecule has 180 valence electrons. The molecule has 1 aliphatic heterocycles. The molecule has 19 heteroatoms. The van der Waals surface area contributed by atoms with E-state index in [9.17, 15) is 46.9 Å². The number of aliphatic carboxylic acids is 1. The molecule has 0 fully saturated rings.